The number of halogens is 9. The molecule has 0 aromatic carbocycles. The number of nitrogens with zero attached hydrogens (tertiary/aromatic N) is 4. The topological polar surface area (TPSA) is 167 Å². The molecular weight excluding hydrogens is 667 g/mol. The summed E-state index contributed by atoms with van der Waals surface area (Å²) < 4.78 is 107. The van der Waals surface area contributed by atoms with Crippen molar-refractivity contribution in [2.75, 3.05) is 32.8 Å². The molecule has 12 nitrogen and oxygen atoms in total. The number of ether oxygens (including phenoxy) is 1. The number of piperidine rings is 1. The second kappa shape index (κ2) is 17.3. The number of carboxylic acid groups (broad SMARTS) is 3. The number of pyridine rings is 1. The highest BCUT2D eigenvalue weighted by atomic mass is 19.4. The van der Waals surface area contributed by atoms with Gasteiger partial charge in [-0.1, -0.05) is 11.2 Å². The van der Waals surface area contributed by atoms with Gasteiger partial charge in [-0.15, -0.1) is 0 Å². The second-order valence-corrected chi connectivity index (χ2v) is 10.1. The molecule has 2 aliphatic heterocycles. The van der Waals surface area contributed by atoms with Crippen LogP contribution in [0.3, 0.4) is 0 Å². The molecule has 1 spiro atoms. The normalized spacial score (nSPS) is 16.8. The van der Waals surface area contributed by atoms with Crippen LogP contribution in [0.4, 0.5) is 39.5 Å². The second-order valence-electron chi connectivity index (χ2n) is 10.1. The minimum atomic E-state index is -5.08. The number of aryl methyl sites for hydroxylation is 2. The number of rotatable bonds is 4. The first-order valence-corrected chi connectivity index (χ1v) is 13.3. The van der Waals surface area contributed by atoms with Gasteiger partial charge in [0, 0.05) is 51.0 Å². The summed E-state index contributed by atoms with van der Waals surface area (Å²) in [5, 5.41) is 25.5. The minimum absolute atomic E-state index is 0.00225. The van der Waals surface area contributed by atoms with Crippen molar-refractivity contribution >= 4 is 17.9 Å². The number of aliphatic carboxylic acids is 3. The van der Waals surface area contributed by atoms with E-state index in [-0.39, 0.29) is 5.60 Å². The highest BCUT2D eigenvalue weighted by molar-refractivity contribution is 5.73. The van der Waals surface area contributed by atoms with E-state index in [0.29, 0.717) is 0 Å². The van der Waals surface area contributed by atoms with Crippen LogP contribution in [0.5, 0.6) is 0 Å². The van der Waals surface area contributed by atoms with Crippen molar-refractivity contribution in [2.45, 2.75) is 63.9 Å². The number of alkyl halides is 9. The Balaban J connectivity index is 0.000000430. The molecule has 2 fully saturated rings. The van der Waals surface area contributed by atoms with E-state index in [1.807, 2.05) is 26.1 Å². The molecule has 2 aliphatic rings. The van der Waals surface area contributed by atoms with Crippen LogP contribution in [0.1, 0.15) is 35.6 Å². The van der Waals surface area contributed by atoms with Crippen LogP contribution in [0.25, 0.3) is 0 Å². The molecule has 0 radical (unpaired) electrons. The zero-order chi connectivity index (χ0) is 36.2. The first-order valence-electron chi connectivity index (χ1n) is 13.3. The average molecular weight is 699 g/mol. The summed E-state index contributed by atoms with van der Waals surface area (Å²) in [6.45, 7) is 10.8. The molecule has 4 rings (SSSR count). The van der Waals surface area contributed by atoms with Crippen LogP contribution in [-0.2, 0) is 32.2 Å². The third-order valence-corrected chi connectivity index (χ3v) is 6.50. The lowest BCUT2D eigenvalue weighted by Crippen LogP contribution is -2.56. The molecule has 0 aliphatic carbocycles. The molecular formula is C26H31F9N4O8. The fourth-order valence-corrected chi connectivity index (χ4v) is 4.15. The molecule has 0 bridgehead atoms. The molecule has 266 valence electrons. The molecule has 0 unspecified atom stereocenters. The van der Waals surface area contributed by atoms with Gasteiger partial charge >= 0.3 is 36.4 Å². The molecule has 2 aromatic rings. The summed E-state index contributed by atoms with van der Waals surface area (Å²) in [5.74, 6) is -7.33. The van der Waals surface area contributed by atoms with Gasteiger partial charge in [0.1, 0.15) is 5.76 Å². The third-order valence-electron chi connectivity index (χ3n) is 6.50. The van der Waals surface area contributed by atoms with E-state index in [1.165, 1.54) is 5.56 Å². The van der Waals surface area contributed by atoms with Gasteiger partial charge in [0.2, 0.25) is 0 Å². The Labute approximate surface area is 260 Å². The standard InChI is InChI=1S/C20H28N4O2.3C2HF3O2/c1-16-19(17(2)26-22-16)14-23-9-6-20(7-10-23)15-24(11-12-25-20)13-18-5-3-4-8-21-18;3*3-2(4,5)1(6)7/h3-5,8H,6-7,9-15H2,1-2H3;3*(H,6,7). The van der Waals surface area contributed by atoms with Gasteiger partial charge in [-0.05, 0) is 38.8 Å². The Bertz CT molecular complexity index is 1220. The van der Waals surface area contributed by atoms with Crippen LogP contribution in [0, 0.1) is 13.8 Å². The highest BCUT2D eigenvalue weighted by Gasteiger charge is 2.41. The van der Waals surface area contributed by atoms with Crippen molar-refractivity contribution in [1.82, 2.24) is 19.9 Å². The van der Waals surface area contributed by atoms with Gasteiger partial charge in [0.15, 0.2) is 0 Å². The Kier molecular flexibility index (Phi) is 15.1. The van der Waals surface area contributed by atoms with E-state index in [1.54, 1.807) is 0 Å². The van der Waals surface area contributed by atoms with Gasteiger partial charge < -0.3 is 24.6 Å². The smallest absolute Gasteiger partial charge is 0.475 e. The van der Waals surface area contributed by atoms with Crippen molar-refractivity contribution in [3.05, 3.63) is 47.1 Å². The molecule has 2 aromatic heterocycles. The van der Waals surface area contributed by atoms with E-state index >= 15 is 0 Å². The van der Waals surface area contributed by atoms with Gasteiger partial charge in [0.25, 0.3) is 0 Å². The highest BCUT2D eigenvalue weighted by Crippen LogP contribution is 2.31. The summed E-state index contributed by atoms with van der Waals surface area (Å²) in [4.78, 5) is 36.2. The van der Waals surface area contributed by atoms with Crippen molar-refractivity contribution in [3.63, 3.8) is 0 Å². The number of morpholine rings is 1. The first-order chi connectivity index (χ1) is 21.5. The zero-order valence-corrected chi connectivity index (χ0v) is 24.7. The van der Waals surface area contributed by atoms with Crippen LogP contribution >= 0.6 is 0 Å². The maximum atomic E-state index is 10.6. The van der Waals surface area contributed by atoms with E-state index in [2.05, 4.69) is 32.1 Å². The van der Waals surface area contributed by atoms with E-state index in [9.17, 15) is 39.5 Å². The zero-order valence-electron chi connectivity index (χ0n) is 24.7. The van der Waals surface area contributed by atoms with Crippen LogP contribution < -0.4 is 0 Å². The number of carboxylic acids is 3. The monoisotopic (exact) mass is 698 g/mol. The van der Waals surface area contributed by atoms with E-state index in [4.69, 9.17) is 39.0 Å². The molecule has 3 N–H and O–H groups in total. The van der Waals surface area contributed by atoms with Crippen LogP contribution in [-0.4, -0.2) is 110 Å². The lowest BCUT2D eigenvalue weighted by Gasteiger charge is -2.47. The summed E-state index contributed by atoms with van der Waals surface area (Å²) in [6.07, 6.45) is -11.2. The Morgan fingerprint density at radius 1 is 0.809 bits per heavy atom. The van der Waals surface area contributed by atoms with Crippen molar-refractivity contribution in [1.29, 1.82) is 0 Å². The molecule has 0 atom stereocenters. The molecule has 21 heteroatoms. The average Bonchev–Trinajstić information content (AvgIpc) is 3.27. The van der Waals surface area contributed by atoms with Gasteiger partial charge in [-0.3, -0.25) is 14.8 Å². The Morgan fingerprint density at radius 3 is 1.68 bits per heavy atom. The summed E-state index contributed by atoms with van der Waals surface area (Å²) in [7, 11) is 0. The molecule has 4 heterocycles. The largest absolute Gasteiger partial charge is 0.490 e. The molecule has 0 amide bonds. The molecule has 2 saturated heterocycles. The lowest BCUT2D eigenvalue weighted by atomic mass is 9.89. The van der Waals surface area contributed by atoms with Crippen LogP contribution in [0.2, 0.25) is 0 Å². The van der Waals surface area contributed by atoms with Crippen molar-refractivity contribution in [2.24, 2.45) is 0 Å². The Hall–Kier alpha value is -3.98. The number of aromatic nitrogens is 2. The fourth-order valence-electron chi connectivity index (χ4n) is 4.15. The maximum absolute atomic E-state index is 10.6. The summed E-state index contributed by atoms with van der Waals surface area (Å²) in [5.41, 5.74) is 3.39. The SMILES string of the molecule is Cc1noc(C)c1CN1CCC2(CC1)CN(Cc1ccccn1)CCO2.O=C(O)C(F)(F)F.O=C(O)C(F)(F)F.O=C(O)C(F)(F)F. The minimum Gasteiger partial charge on any atom is -0.475 e. The molecule has 47 heavy (non-hydrogen) atoms. The van der Waals surface area contributed by atoms with Crippen molar-refractivity contribution < 1.29 is 78.5 Å². The number of hydrogen-bond acceptors (Lipinski definition) is 9. The third kappa shape index (κ3) is 15.0. The van der Waals surface area contributed by atoms with Crippen LogP contribution in [0.15, 0.2) is 28.9 Å². The number of carbonyl (C=O) groups is 3. The maximum Gasteiger partial charge on any atom is 0.490 e. The summed E-state index contributed by atoms with van der Waals surface area (Å²) in [6, 6.07) is 6.14. The van der Waals surface area contributed by atoms with Gasteiger partial charge in [0.05, 0.1) is 23.6 Å². The van der Waals surface area contributed by atoms with E-state index < -0.39 is 36.4 Å². The predicted molar refractivity (Wildman–Crippen MR) is 140 cm³/mol. The van der Waals surface area contributed by atoms with E-state index in [0.717, 1.165) is 75.9 Å². The van der Waals surface area contributed by atoms with Gasteiger partial charge in [-0.2, -0.15) is 39.5 Å². The summed E-state index contributed by atoms with van der Waals surface area (Å²) >= 11 is 0. The Morgan fingerprint density at radius 2 is 1.30 bits per heavy atom. The van der Waals surface area contributed by atoms with Crippen molar-refractivity contribution in [3.8, 4) is 0 Å². The van der Waals surface area contributed by atoms with Gasteiger partial charge in [-0.25, -0.2) is 14.4 Å². The first kappa shape index (κ1) is 41.0. The lowest BCUT2D eigenvalue weighted by molar-refractivity contribution is -0.193. The predicted octanol–water partition coefficient (Wildman–Crippen LogP) is 4.45. The molecule has 0 saturated carbocycles. The number of likely N-dealkylation sites (tertiary alicyclic amines) is 1. The number of hydrogen-bond donors (Lipinski definition) is 3. The fraction of sp³-hybridized carbons (Fsp3) is 0.577. The quantitative estimate of drug-likeness (QED) is 0.385.